The summed E-state index contributed by atoms with van der Waals surface area (Å²) < 4.78 is 15.0. The molecule has 6 bridgehead atoms. The summed E-state index contributed by atoms with van der Waals surface area (Å²) in [4.78, 5) is 39.2. The Kier molecular flexibility index (Phi) is 62.0. The van der Waals surface area contributed by atoms with Crippen LogP contribution in [0.5, 0.6) is 0 Å². The lowest BCUT2D eigenvalue weighted by atomic mass is 9.93. The first-order chi connectivity index (χ1) is 59.1. The molecule has 15 nitrogen and oxygen atoms in total. The van der Waals surface area contributed by atoms with Gasteiger partial charge in [0.15, 0.2) is 0 Å². The van der Waals surface area contributed by atoms with Gasteiger partial charge in [-0.3, -0.25) is 19.1 Å². The van der Waals surface area contributed by atoms with Crippen LogP contribution in [0.2, 0.25) is 0 Å². The third-order valence-electron chi connectivity index (χ3n) is 24.0. The van der Waals surface area contributed by atoms with Gasteiger partial charge in [-0.15, -0.1) is 16.9 Å². The molecule has 15 heteroatoms. The highest BCUT2D eigenvalue weighted by Crippen LogP contribution is 2.27. The van der Waals surface area contributed by atoms with E-state index in [2.05, 4.69) is 184 Å². The number of carbonyl (C=O) groups is 3. The maximum atomic E-state index is 13.1. The molecule has 1 aliphatic rings. The number of imidazole rings is 3. The van der Waals surface area contributed by atoms with Crippen molar-refractivity contribution in [1.29, 1.82) is 0 Å². The van der Waals surface area contributed by atoms with Crippen LogP contribution in [-0.4, -0.2) is 66.1 Å². The second kappa shape index (κ2) is 72.1. The molecule has 0 aliphatic carbocycles. The zero-order chi connectivity index (χ0) is 85.3. The van der Waals surface area contributed by atoms with Gasteiger partial charge in [0.25, 0.3) is 0 Å². The Hall–Kier alpha value is -7.36. The van der Waals surface area contributed by atoms with E-state index in [1.54, 1.807) is 0 Å². The molecule has 668 valence electrons. The van der Waals surface area contributed by atoms with Crippen LogP contribution in [0, 0.1) is 47.4 Å². The van der Waals surface area contributed by atoms with Gasteiger partial charge in [-0.1, -0.05) is 312 Å². The van der Waals surface area contributed by atoms with Crippen LogP contribution in [0.25, 0.3) is 0 Å². The molecule has 120 heavy (non-hydrogen) atoms. The third kappa shape index (κ3) is 53.5. The number of rotatable bonds is 46. The Morgan fingerprint density at radius 3 is 1.46 bits per heavy atom. The number of hydrogen-bond acceptors (Lipinski definition) is 5. The first-order valence-electron chi connectivity index (χ1n) is 49.9. The molecular weight excluding hydrogens is 1480 g/mol. The zero-order valence-corrected chi connectivity index (χ0v) is 77.7. The van der Waals surface area contributed by atoms with Gasteiger partial charge in [-0.05, 0) is 123 Å². The predicted molar refractivity (Wildman–Crippen MR) is 500 cm³/mol. The number of aromatic nitrogens is 9. The highest BCUT2D eigenvalue weighted by atomic mass is 16.2. The maximum Gasteiger partial charge on any atom is 0.244 e. The Labute approximate surface area is 733 Å². The molecule has 3 amide bonds. The van der Waals surface area contributed by atoms with Crippen LogP contribution in [0.3, 0.4) is 0 Å². The lowest BCUT2D eigenvalue weighted by molar-refractivity contribution is -0.696. The van der Waals surface area contributed by atoms with Crippen molar-refractivity contribution in [2.75, 3.05) is 19.6 Å². The minimum atomic E-state index is 0.155. The van der Waals surface area contributed by atoms with Crippen LogP contribution < -0.4 is 29.7 Å². The number of nitrogens with one attached hydrogen (secondary N) is 3. The number of amides is 3. The predicted octanol–water partition coefficient (Wildman–Crippen LogP) is 24.1. The summed E-state index contributed by atoms with van der Waals surface area (Å²) in [7, 11) is 2.04. The normalized spacial score (nSPS) is 16.8. The highest BCUT2D eigenvalue weighted by molar-refractivity contribution is 5.76. The zero-order valence-electron chi connectivity index (χ0n) is 77.7. The summed E-state index contributed by atoms with van der Waals surface area (Å²) in [5.74, 6) is 30.8. The molecule has 5 heterocycles. The molecule has 0 aromatic carbocycles. The number of allylic oxidation sites excluding steroid dienone is 6. The van der Waals surface area contributed by atoms with Crippen molar-refractivity contribution in [3.8, 4) is 47.4 Å². The van der Waals surface area contributed by atoms with Crippen molar-refractivity contribution in [1.82, 2.24) is 44.6 Å². The molecule has 0 saturated carbocycles. The number of unbranched alkanes of at least 4 members (excludes halogenated alkanes) is 32. The van der Waals surface area contributed by atoms with Crippen molar-refractivity contribution < 1.29 is 28.1 Å². The molecular formula is C105H173N12O3+3. The highest BCUT2D eigenvalue weighted by Gasteiger charge is 2.15. The Balaban J connectivity index is 1.44. The Morgan fingerprint density at radius 1 is 0.458 bits per heavy atom. The molecule has 0 saturated heterocycles. The fraction of sp³-hybridized carbons (Fsp3) is 0.733. The number of nitrogens with zero attached hydrogens (tertiary/aromatic N) is 9. The van der Waals surface area contributed by atoms with Crippen molar-refractivity contribution in [2.45, 2.75) is 472 Å². The molecule has 3 N–H and O–H groups in total. The molecule has 1 aliphatic heterocycles. The quantitative estimate of drug-likeness (QED) is 0.0229. The van der Waals surface area contributed by atoms with Crippen LogP contribution >= 0.6 is 0 Å². The van der Waals surface area contributed by atoms with E-state index in [4.69, 9.17) is 0 Å². The summed E-state index contributed by atoms with van der Waals surface area (Å²) in [6.45, 7) is 18.0. The van der Waals surface area contributed by atoms with E-state index in [1.807, 2.05) is 25.6 Å². The maximum absolute atomic E-state index is 13.1. The van der Waals surface area contributed by atoms with Crippen molar-refractivity contribution >= 4 is 17.7 Å². The molecule has 5 rings (SSSR count). The van der Waals surface area contributed by atoms with Crippen molar-refractivity contribution in [3.63, 3.8) is 0 Å². The average molecular weight is 1650 g/mol. The smallest absolute Gasteiger partial charge is 0.244 e. The van der Waals surface area contributed by atoms with E-state index in [-0.39, 0.29) is 17.7 Å². The second-order valence-corrected chi connectivity index (χ2v) is 35.1. The fourth-order valence-corrected chi connectivity index (χ4v) is 16.6. The molecule has 0 radical (unpaired) electrons. The number of carbonyl (C=O) groups excluding carboxylic acids is 3. The van der Waals surface area contributed by atoms with E-state index >= 15 is 0 Å². The minimum absolute atomic E-state index is 0.155. The van der Waals surface area contributed by atoms with Gasteiger partial charge < -0.3 is 16.0 Å². The molecule has 0 atom stereocenters. The molecule has 0 spiro atoms. The SMILES string of the molecule is CC#C/C(CCCCCCCCCCCC)=C1\C#C/C(CCCCCCCCCCCC)=C(/CCCCCCCCC(=O)NCCCn2cc[n+](C)c2)C#C/C(CCCCCCCCCCCC)=C(/C#CC)CCCCCCCCC(=O)NCCCn2cc[n+](c2)Cc2cn(nn2)CCCCn2cc[n+](c2)CCCNC(=O)CCCCCCCC1. The van der Waals surface area contributed by atoms with Crippen molar-refractivity contribution in [2.24, 2.45) is 7.05 Å². The fourth-order valence-electron chi connectivity index (χ4n) is 16.6. The second-order valence-electron chi connectivity index (χ2n) is 35.1. The Morgan fingerprint density at radius 2 is 0.917 bits per heavy atom. The summed E-state index contributed by atoms with van der Waals surface area (Å²) in [6.07, 6.45) is 91.6. The average Bonchev–Trinajstić information content (AvgIpc) is 1.82. The van der Waals surface area contributed by atoms with Gasteiger partial charge in [0.2, 0.25) is 36.7 Å². The van der Waals surface area contributed by atoms with Gasteiger partial charge in [-0.2, -0.15) is 0 Å². The van der Waals surface area contributed by atoms with Gasteiger partial charge in [-0.25, -0.2) is 27.4 Å². The van der Waals surface area contributed by atoms with E-state index in [0.29, 0.717) is 45.4 Å². The summed E-state index contributed by atoms with van der Waals surface area (Å²) in [6, 6.07) is 0. The molecule has 0 unspecified atom stereocenters. The van der Waals surface area contributed by atoms with Gasteiger partial charge >= 0.3 is 0 Å². The van der Waals surface area contributed by atoms with Gasteiger partial charge in [0.05, 0.1) is 39.4 Å². The van der Waals surface area contributed by atoms with E-state index in [0.717, 1.165) is 244 Å². The Bertz CT molecular complexity index is 3680. The van der Waals surface area contributed by atoms with Crippen molar-refractivity contribution in [3.05, 3.63) is 101 Å². The summed E-state index contributed by atoms with van der Waals surface area (Å²) in [5, 5.41) is 18.5. The van der Waals surface area contributed by atoms with E-state index in [9.17, 15) is 14.4 Å². The topological polar surface area (TPSA) is 144 Å². The summed E-state index contributed by atoms with van der Waals surface area (Å²) in [5.41, 5.74) is 8.41. The lowest BCUT2D eigenvalue weighted by Crippen LogP contribution is -2.34. The first-order valence-corrected chi connectivity index (χ1v) is 49.9. The minimum Gasteiger partial charge on any atom is -0.356 e. The van der Waals surface area contributed by atoms with Crippen LogP contribution in [0.4, 0.5) is 0 Å². The van der Waals surface area contributed by atoms with Crippen LogP contribution in [0.15, 0.2) is 95.8 Å². The lowest BCUT2D eigenvalue weighted by Gasteiger charge is -2.11. The summed E-state index contributed by atoms with van der Waals surface area (Å²) >= 11 is 0. The molecule has 4 aromatic heterocycles. The van der Waals surface area contributed by atoms with Crippen LogP contribution in [0.1, 0.15) is 438 Å². The standard InChI is InChI=1S/C105H170N12O3/c1-7-12-15-18-21-24-27-30-39-48-64-96(62-10-4)99-67-51-43-34-37-46-56-71-104(119)107-78-60-82-114-88-87-113(94-114)80-57-58-84-117-92-102(109-110-117)91-116-90-89-115(95-116)83-61-79-108-105(120)72-54-45-36-33-42-49-65-97(63-11-5)98(66-50-40-31-28-25-22-19-16-13-8-2)73-76-101(100(75-74-99)68-52-41-32-29-26-23-20-17-14-9-3)69-53-44-35-38-47-55-70-103(118)106-77-59-81-112-86-85-111(6)93-112/h85-90,92-95H,7-9,12-61,64-72,77-84,91H2,1-6H3/p+3/b98-97-,99-96+,101-100-. The first kappa shape index (κ1) is 103. The largest absolute Gasteiger partial charge is 0.356 e. The number of hydrogen-bond donors (Lipinski definition) is 3. The number of fused-ring (bicyclic) bond motifs is 6. The number of aryl methyl sites for hydroxylation is 6. The van der Waals surface area contributed by atoms with Gasteiger partial charge in [0, 0.05) is 98.1 Å². The van der Waals surface area contributed by atoms with E-state index < -0.39 is 0 Å². The molecule has 0 fully saturated rings. The third-order valence-corrected chi connectivity index (χ3v) is 24.0. The van der Waals surface area contributed by atoms with Gasteiger partial charge in [0.1, 0.15) is 49.4 Å². The monoisotopic (exact) mass is 1650 g/mol. The molecule has 4 aromatic rings. The van der Waals surface area contributed by atoms with E-state index in [1.165, 1.54) is 207 Å². The van der Waals surface area contributed by atoms with Crippen LogP contribution in [-0.2, 0) is 60.7 Å².